The Bertz CT molecular complexity index is 545. The van der Waals surface area contributed by atoms with Gasteiger partial charge in [-0.3, -0.25) is 0 Å². The van der Waals surface area contributed by atoms with E-state index in [1.165, 1.54) is 0 Å². The van der Waals surface area contributed by atoms with E-state index in [0.717, 1.165) is 11.3 Å². The zero-order valence-electron chi connectivity index (χ0n) is 10.2. The Morgan fingerprint density at radius 2 is 1.89 bits per heavy atom. The molecule has 19 heavy (non-hydrogen) atoms. The lowest BCUT2D eigenvalue weighted by Gasteiger charge is -2.07. The number of rotatable bonds is 5. The highest BCUT2D eigenvalue weighted by Gasteiger charge is 2.03. The van der Waals surface area contributed by atoms with Gasteiger partial charge < -0.3 is 10.1 Å². The van der Waals surface area contributed by atoms with Gasteiger partial charge in [-0.15, -0.1) is 0 Å². The molecule has 2 rings (SSSR count). The highest BCUT2D eigenvalue weighted by molar-refractivity contribution is 6.31. The molecule has 0 amide bonds. The van der Waals surface area contributed by atoms with Crippen LogP contribution in [0.4, 0.5) is 5.95 Å². The topological polar surface area (TPSA) is 59.9 Å². The predicted octanol–water partition coefficient (Wildman–Crippen LogP) is 3.19. The van der Waals surface area contributed by atoms with Crippen LogP contribution < -0.4 is 10.1 Å². The minimum absolute atomic E-state index is 0.0607. The molecule has 0 saturated heterocycles. The van der Waals surface area contributed by atoms with Gasteiger partial charge in [-0.1, -0.05) is 12.1 Å². The Balaban J connectivity index is 2.03. The first-order valence-electron chi connectivity index (χ1n) is 5.70. The summed E-state index contributed by atoms with van der Waals surface area (Å²) in [5, 5.41) is 3.15. The van der Waals surface area contributed by atoms with Gasteiger partial charge >= 0.3 is 0 Å². The Morgan fingerprint density at radius 1 is 1.16 bits per heavy atom. The summed E-state index contributed by atoms with van der Waals surface area (Å²) >= 11 is 11.4. The van der Waals surface area contributed by atoms with Crippen LogP contribution in [0.2, 0.25) is 10.6 Å². The second-order valence-corrected chi connectivity index (χ2v) is 4.31. The van der Waals surface area contributed by atoms with Crippen molar-refractivity contribution in [3.63, 3.8) is 0 Å². The Hall–Kier alpha value is -1.59. The molecule has 1 N–H and O–H groups in total. The van der Waals surface area contributed by atoms with Crippen molar-refractivity contribution in [2.75, 3.05) is 11.9 Å². The molecule has 1 aromatic carbocycles. The summed E-state index contributed by atoms with van der Waals surface area (Å²) in [6.45, 7) is 3.12. The van der Waals surface area contributed by atoms with E-state index >= 15 is 0 Å². The normalized spacial score (nSPS) is 10.3. The van der Waals surface area contributed by atoms with Gasteiger partial charge in [0, 0.05) is 6.54 Å². The number of nitrogens with one attached hydrogen (secondary N) is 1. The summed E-state index contributed by atoms with van der Waals surface area (Å²) in [6, 6.07) is 7.75. The molecule has 0 unspecified atom stereocenters. The first-order valence-corrected chi connectivity index (χ1v) is 6.45. The number of halogens is 2. The lowest BCUT2D eigenvalue weighted by atomic mass is 10.2. The maximum absolute atomic E-state index is 5.69. The maximum Gasteiger partial charge on any atom is 0.228 e. The quantitative estimate of drug-likeness (QED) is 0.918. The number of nitrogens with zero attached hydrogens (tertiary/aromatic N) is 3. The van der Waals surface area contributed by atoms with Gasteiger partial charge in [0.05, 0.1) is 6.61 Å². The van der Waals surface area contributed by atoms with Gasteiger partial charge in [0.25, 0.3) is 0 Å². The summed E-state index contributed by atoms with van der Waals surface area (Å²) in [4.78, 5) is 11.5. The molecule has 0 atom stereocenters. The largest absolute Gasteiger partial charge is 0.494 e. The van der Waals surface area contributed by atoms with Gasteiger partial charge in [0.15, 0.2) is 0 Å². The molecule has 5 nitrogen and oxygen atoms in total. The van der Waals surface area contributed by atoms with Crippen LogP contribution in [-0.2, 0) is 6.54 Å². The monoisotopic (exact) mass is 298 g/mol. The molecule has 0 fully saturated rings. The van der Waals surface area contributed by atoms with E-state index in [-0.39, 0.29) is 10.6 Å². The van der Waals surface area contributed by atoms with Crippen molar-refractivity contribution < 1.29 is 4.74 Å². The van der Waals surface area contributed by atoms with Crippen molar-refractivity contribution in [1.82, 2.24) is 15.0 Å². The number of anilines is 1. The van der Waals surface area contributed by atoms with E-state index in [9.17, 15) is 0 Å². The molecular weight excluding hydrogens is 287 g/mol. The second kappa shape index (κ2) is 6.54. The third-order valence-electron chi connectivity index (χ3n) is 2.24. The third-order valence-corrected chi connectivity index (χ3v) is 2.58. The first kappa shape index (κ1) is 13.8. The number of aromatic nitrogens is 3. The minimum Gasteiger partial charge on any atom is -0.494 e. The molecule has 0 bridgehead atoms. The molecule has 0 aliphatic carbocycles. The summed E-state index contributed by atoms with van der Waals surface area (Å²) in [5.41, 5.74) is 1.04. The van der Waals surface area contributed by atoms with Crippen LogP contribution in [0.25, 0.3) is 0 Å². The van der Waals surface area contributed by atoms with Crippen LogP contribution in [0.3, 0.4) is 0 Å². The summed E-state index contributed by atoms with van der Waals surface area (Å²) in [7, 11) is 0. The van der Waals surface area contributed by atoms with Crippen LogP contribution in [0.15, 0.2) is 24.3 Å². The number of hydrogen-bond donors (Lipinski definition) is 1. The average Bonchev–Trinajstić information content (AvgIpc) is 2.36. The van der Waals surface area contributed by atoms with E-state index in [1.54, 1.807) is 0 Å². The smallest absolute Gasteiger partial charge is 0.228 e. The molecule has 0 aliphatic heterocycles. The Kier molecular flexibility index (Phi) is 4.76. The van der Waals surface area contributed by atoms with Crippen LogP contribution >= 0.6 is 23.2 Å². The Labute approximate surface area is 121 Å². The minimum atomic E-state index is 0.0607. The van der Waals surface area contributed by atoms with Crippen molar-refractivity contribution in [2.45, 2.75) is 13.5 Å². The number of hydrogen-bond acceptors (Lipinski definition) is 5. The lowest BCUT2D eigenvalue weighted by molar-refractivity contribution is 0.340. The van der Waals surface area contributed by atoms with Crippen LogP contribution in [-0.4, -0.2) is 21.6 Å². The van der Waals surface area contributed by atoms with Gasteiger partial charge in [0.2, 0.25) is 16.5 Å². The summed E-state index contributed by atoms with van der Waals surface area (Å²) in [5.74, 6) is 1.17. The van der Waals surface area contributed by atoms with Gasteiger partial charge in [-0.05, 0) is 47.8 Å². The zero-order chi connectivity index (χ0) is 13.7. The van der Waals surface area contributed by atoms with Crippen molar-refractivity contribution in [3.05, 3.63) is 40.4 Å². The average molecular weight is 299 g/mol. The molecule has 0 spiro atoms. The highest BCUT2D eigenvalue weighted by atomic mass is 35.5. The third kappa shape index (κ3) is 4.22. The second-order valence-electron chi connectivity index (χ2n) is 3.63. The highest BCUT2D eigenvalue weighted by Crippen LogP contribution is 2.15. The molecule has 1 aromatic heterocycles. The first-order chi connectivity index (χ1) is 9.17. The van der Waals surface area contributed by atoms with E-state index in [4.69, 9.17) is 27.9 Å². The molecule has 100 valence electrons. The standard InChI is InChI=1S/C12H12Cl2N4O/c1-2-19-9-5-3-4-8(6-9)7-15-12-17-10(13)16-11(14)18-12/h3-6H,2,7H2,1H3,(H,15,16,17,18). The fourth-order valence-electron chi connectivity index (χ4n) is 1.50. The van der Waals surface area contributed by atoms with Gasteiger partial charge in [-0.25, -0.2) is 0 Å². The van der Waals surface area contributed by atoms with E-state index in [0.29, 0.717) is 19.1 Å². The molecule has 1 heterocycles. The molecule has 2 aromatic rings. The van der Waals surface area contributed by atoms with Crippen molar-refractivity contribution in [1.29, 1.82) is 0 Å². The van der Waals surface area contributed by atoms with Gasteiger partial charge in [0.1, 0.15) is 5.75 Å². The van der Waals surface area contributed by atoms with E-state index < -0.39 is 0 Å². The predicted molar refractivity (Wildman–Crippen MR) is 74.8 cm³/mol. The van der Waals surface area contributed by atoms with Crippen LogP contribution in [0, 0.1) is 0 Å². The van der Waals surface area contributed by atoms with Gasteiger partial charge in [-0.2, -0.15) is 15.0 Å². The fraction of sp³-hybridized carbons (Fsp3) is 0.250. The maximum atomic E-state index is 5.69. The molecule has 0 aliphatic rings. The number of benzene rings is 1. The van der Waals surface area contributed by atoms with Crippen molar-refractivity contribution >= 4 is 29.2 Å². The zero-order valence-corrected chi connectivity index (χ0v) is 11.7. The lowest BCUT2D eigenvalue weighted by Crippen LogP contribution is -2.05. The molecule has 0 saturated carbocycles. The SMILES string of the molecule is CCOc1cccc(CNc2nc(Cl)nc(Cl)n2)c1. The van der Waals surface area contributed by atoms with Crippen molar-refractivity contribution in [3.8, 4) is 5.75 Å². The molecule has 0 radical (unpaired) electrons. The summed E-state index contributed by atoms with van der Waals surface area (Å²) < 4.78 is 5.43. The van der Waals surface area contributed by atoms with E-state index in [2.05, 4.69) is 20.3 Å². The fourth-order valence-corrected chi connectivity index (χ4v) is 1.86. The van der Waals surface area contributed by atoms with E-state index in [1.807, 2.05) is 31.2 Å². The number of ether oxygens (including phenoxy) is 1. The van der Waals surface area contributed by atoms with Crippen LogP contribution in [0.1, 0.15) is 12.5 Å². The molecular formula is C12H12Cl2N4O. The molecule has 7 heteroatoms. The Morgan fingerprint density at radius 3 is 2.58 bits per heavy atom. The van der Waals surface area contributed by atoms with Crippen molar-refractivity contribution in [2.24, 2.45) is 0 Å². The van der Waals surface area contributed by atoms with Crippen LogP contribution in [0.5, 0.6) is 5.75 Å². The summed E-state index contributed by atoms with van der Waals surface area (Å²) in [6.07, 6.45) is 0.